The van der Waals surface area contributed by atoms with Crippen LogP contribution in [0.1, 0.15) is 36.7 Å². The lowest BCUT2D eigenvalue weighted by Crippen LogP contribution is -2.35. The number of esters is 1. The highest BCUT2D eigenvalue weighted by Gasteiger charge is 2.23. The van der Waals surface area contributed by atoms with Crippen molar-refractivity contribution in [3.63, 3.8) is 0 Å². The van der Waals surface area contributed by atoms with Gasteiger partial charge in [-0.3, -0.25) is 19.3 Å². The number of hydrogen-bond donors (Lipinski definition) is 2. The highest BCUT2D eigenvalue weighted by Crippen LogP contribution is 2.24. The van der Waals surface area contributed by atoms with Gasteiger partial charge in [0.05, 0.1) is 25.7 Å². The number of halogens is 1. The number of ether oxygens (including phenoxy) is 1. The molecule has 0 bridgehead atoms. The SMILES string of the molecule is CCOC(=O)CN1CC(=O)Nc2ncc(/C=C/C(=O)N(C)C(C)c3cc4ccccc4[nH]3)cc2C1.Cl. The number of benzene rings is 1. The smallest absolute Gasteiger partial charge is 0.320 e. The molecule has 190 valence electrons. The molecule has 9 nitrogen and oxygen atoms in total. The van der Waals surface area contributed by atoms with Crippen LogP contribution in [0.15, 0.2) is 48.7 Å². The molecule has 3 heterocycles. The predicted octanol–water partition coefficient (Wildman–Crippen LogP) is 3.53. The van der Waals surface area contributed by atoms with Crippen molar-refractivity contribution in [3.05, 3.63) is 65.5 Å². The molecule has 2 amide bonds. The van der Waals surface area contributed by atoms with Gasteiger partial charge in [0, 0.05) is 42.6 Å². The second-order valence-electron chi connectivity index (χ2n) is 8.55. The number of fused-ring (bicyclic) bond motifs is 2. The number of hydrogen-bond acceptors (Lipinski definition) is 6. The average Bonchev–Trinajstić information content (AvgIpc) is 3.20. The number of anilines is 1. The molecule has 3 aromatic rings. The summed E-state index contributed by atoms with van der Waals surface area (Å²) in [7, 11) is 1.76. The number of pyridine rings is 1. The Morgan fingerprint density at radius 1 is 1.25 bits per heavy atom. The molecule has 0 spiro atoms. The fraction of sp³-hybridized carbons (Fsp3) is 0.308. The van der Waals surface area contributed by atoms with Crippen LogP contribution in [0.4, 0.5) is 5.82 Å². The number of para-hydroxylation sites is 1. The lowest BCUT2D eigenvalue weighted by atomic mass is 10.1. The van der Waals surface area contributed by atoms with E-state index in [0.29, 0.717) is 12.4 Å². The second kappa shape index (κ2) is 11.8. The Labute approximate surface area is 215 Å². The fourth-order valence-corrected chi connectivity index (χ4v) is 4.03. The van der Waals surface area contributed by atoms with Crippen molar-refractivity contribution in [1.29, 1.82) is 0 Å². The molecule has 0 aliphatic carbocycles. The number of rotatable bonds is 7. The van der Waals surface area contributed by atoms with E-state index >= 15 is 0 Å². The van der Waals surface area contributed by atoms with Crippen molar-refractivity contribution in [3.8, 4) is 0 Å². The van der Waals surface area contributed by atoms with Gasteiger partial charge in [0.25, 0.3) is 0 Å². The van der Waals surface area contributed by atoms with E-state index in [2.05, 4.69) is 21.4 Å². The number of H-pyrrole nitrogens is 1. The van der Waals surface area contributed by atoms with Crippen molar-refractivity contribution < 1.29 is 19.1 Å². The van der Waals surface area contributed by atoms with Crippen LogP contribution in [0, 0.1) is 0 Å². The van der Waals surface area contributed by atoms with Crippen molar-refractivity contribution in [2.45, 2.75) is 26.4 Å². The molecule has 0 saturated carbocycles. The van der Waals surface area contributed by atoms with Crippen LogP contribution < -0.4 is 5.32 Å². The number of aromatic nitrogens is 2. The number of nitrogens with zero attached hydrogens (tertiary/aromatic N) is 3. The van der Waals surface area contributed by atoms with E-state index in [1.807, 2.05) is 37.3 Å². The molecule has 2 aromatic heterocycles. The summed E-state index contributed by atoms with van der Waals surface area (Å²) < 4.78 is 5.00. The number of nitrogens with one attached hydrogen (secondary N) is 2. The molecule has 0 radical (unpaired) electrons. The maximum absolute atomic E-state index is 12.9. The van der Waals surface area contributed by atoms with Crippen LogP contribution in [0.25, 0.3) is 17.0 Å². The largest absolute Gasteiger partial charge is 0.465 e. The number of likely N-dealkylation sites (N-methyl/N-ethyl adjacent to an activating group) is 1. The van der Waals surface area contributed by atoms with E-state index in [4.69, 9.17) is 4.74 Å². The Balaban J connectivity index is 0.00000361. The van der Waals surface area contributed by atoms with Gasteiger partial charge in [-0.15, -0.1) is 12.4 Å². The zero-order valence-electron chi connectivity index (χ0n) is 20.5. The topological polar surface area (TPSA) is 108 Å². The first-order chi connectivity index (χ1) is 16.8. The highest BCUT2D eigenvalue weighted by atomic mass is 35.5. The fourth-order valence-electron chi connectivity index (χ4n) is 4.03. The first-order valence-corrected chi connectivity index (χ1v) is 11.5. The summed E-state index contributed by atoms with van der Waals surface area (Å²) in [5.74, 6) is -0.324. The number of carbonyl (C=O) groups excluding carboxylic acids is 3. The molecule has 36 heavy (non-hydrogen) atoms. The van der Waals surface area contributed by atoms with Crippen LogP contribution in [0.5, 0.6) is 0 Å². The van der Waals surface area contributed by atoms with E-state index in [9.17, 15) is 14.4 Å². The van der Waals surface area contributed by atoms with Gasteiger partial charge in [0.15, 0.2) is 0 Å². The summed E-state index contributed by atoms with van der Waals surface area (Å²) in [6.07, 6.45) is 4.81. The van der Waals surface area contributed by atoms with Crippen molar-refractivity contribution >= 4 is 53.0 Å². The molecule has 1 aromatic carbocycles. The third kappa shape index (κ3) is 6.30. The molecule has 10 heteroatoms. The van der Waals surface area contributed by atoms with Gasteiger partial charge in [-0.1, -0.05) is 18.2 Å². The van der Waals surface area contributed by atoms with Crippen LogP contribution in [0.3, 0.4) is 0 Å². The second-order valence-corrected chi connectivity index (χ2v) is 8.55. The molecule has 1 unspecified atom stereocenters. The lowest BCUT2D eigenvalue weighted by molar-refractivity contribution is -0.144. The number of aromatic amines is 1. The monoisotopic (exact) mass is 511 g/mol. The number of amides is 2. The van der Waals surface area contributed by atoms with E-state index in [-0.39, 0.29) is 55.9 Å². The van der Waals surface area contributed by atoms with Gasteiger partial charge >= 0.3 is 5.97 Å². The van der Waals surface area contributed by atoms with Crippen molar-refractivity contribution in [2.75, 3.05) is 32.1 Å². The van der Waals surface area contributed by atoms with E-state index in [0.717, 1.165) is 27.7 Å². The van der Waals surface area contributed by atoms with Crippen LogP contribution in [0.2, 0.25) is 0 Å². The van der Waals surface area contributed by atoms with Crippen LogP contribution in [-0.4, -0.2) is 64.3 Å². The Hall–Kier alpha value is -3.69. The van der Waals surface area contributed by atoms with E-state index in [1.54, 1.807) is 36.0 Å². The Morgan fingerprint density at radius 3 is 2.78 bits per heavy atom. The molecule has 2 N–H and O–H groups in total. The molecule has 0 saturated heterocycles. The molecule has 0 fully saturated rings. The first kappa shape index (κ1) is 26.9. The lowest BCUT2D eigenvalue weighted by Gasteiger charge is -2.22. The van der Waals surface area contributed by atoms with Gasteiger partial charge in [0.1, 0.15) is 5.82 Å². The van der Waals surface area contributed by atoms with Gasteiger partial charge in [-0.2, -0.15) is 0 Å². The van der Waals surface area contributed by atoms with Gasteiger partial charge < -0.3 is 19.9 Å². The minimum Gasteiger partial charge on any atom is -0.465 e. The summed E-state index contributed by atoms with van der Waals surface area (Å²) in [5, 5.41) is 3.87. The summed E-state index contributed by atoms with van der Waals surface area (Å²) in [4.78, 5) is 48.0. The van der Waals surface area contributed by atoms with E-state index in [1.165, 1.54) is 6.08 Å². The molecule has 1 aliphatic rings. The van der Waals surface area contributed by atoms with Gasteiger partial charge in [-0.25, -0.2) is 4.98 Å². The van der Waals surface area contributed by atoms with Gasteiger partial charge in [-0.05, 0) is 49.1 Å². The van der Waals surface area contributed by atoms with Crippen molar-refractivity contribution in [2.24, 2.45) is 0 Å². The first-order valence-electron chi connectivity index (χ1n) is 11.5. The molecular weight excluding hydrogens is 482 g/mol. The maximum atomic E-state index is 12.9. The molecule has 1 atom stereocenters. The van der Waals surface area contributed by atoms with Crippen LogP contribution >= 0.6 is 12.4 Å². The van der Waals surface area contributed by atoms with Crippen LogP contribution in [-0.2, 0) is 25.7 Å². The zero-order chi connectivity index (χ0) is 24.9. The normalized spacial score (nSPS) is 14.5. The molecule has 4 rings (SSSR count). The Kier molecular flexibility index (Phi) is 8.84. The third-order valence-corrected chi connectivity index (χ3v) is 6.01. The summed E-state index contributed by atoms with van der Waals surface area (Å²) in [6.45, 7) is 4.43. The summed E-state index contributed by atoms with van der Waals surface area (Å²) in [6, 6.07) is 11.8. The quantitative estimate of drug-likeness (QED) is 0.371. The van der Waals surface area contributed by atoms with Crippen molar-refractivity contribution in [1.82, 2.24) is 19.8 Å². The van der Waals surface area contributed by atoms with Gasteiger partial charge in [0.2, 0.25) is 11.8 Å². The Morgan fingerprint density at radius 2 is 2.03 bits per heavy atom. The zero-order valence-corrected chi connectivity index (χ0v) is 21.3. The predicted molar refractivity (Wildman–Crippen MR) is 141 cm³/mol. The third-order valence-electron chi connectivity index (χ3n) is 6.01. The molecule has 1 aliphatic heterocycles. The summed E-state index contributed by atoms with van der Waals surface area (Å²) >= 11 is 0. The Bertz CT molecular complexity index is 1260. The number of carbonyl (C=O) groups is 3. The minimum atomic E-state index is -0.384. The molecular formula is C26H30ClN5O4. The van der Waals surface area contributed by atoms with E-state index < -0.39 is 0 Å². The highest BCUT2D eigenvalue weighted by molar-refractivity contribution is 5.94. The standard InChI is InChI=1S/C26H29N5O4.ClH/c1-4-35-25(34)16-31-14-20-11-18(13-27-26(20)29-23(32)15-31)9-10-24(33)30(3)17(2)22-12-19-7-5-6-8-21(19)28-22;/h5-13,17,28H,4,14-16H2,1-3H3,(H,27,29,32);1H/b10-9+;. The maximum Gasteiger partial charge on any atom is 0.320 e. The average molecular weight is 512 g/mol. The summed E-state index contributed by atoms with van der Waals surface area (Å²) in [5.41, 5.74) is 3.47. The minimum absolute atomic E-state index is 0.